The van der Waals surface area contributed by atoms with Gasteiger partial charge in [-0.15, -0.1) is 0 Å². The van der Waals surface area contributed by atoms with Gasteiger partial charge < -0.3 is 14.4 Å². The Morgan fingerprint density at radius 2 is 2.37 bits per heavy atom. The third kappa shape index (κ3) is 2.97. The maximum atomic E-state index is 11.6. The average molecular weight is 264 g/mol. The Bertz CT molecular complexity index is 664. The predicted molar refractivity (Wildman–Crippen MR) is 65.6 cm³/mol. The second kappa shape index (κ2) is 5.34. The summed E-state index contributed by atoms with van der Waals surface area (Å²) in [6.45, 7) is 1.73. The summed E-state index contributed by atoms with van der Waals surface area (Å²) in [6, 6.07) is 1.62. The van der Waals surface area contributed by atoms with E-state index in [-0.39, 0.29) is 17.5 Å². The summed E-state index contributed by atoms with van der Waals surface area (Å²) >= 11 is 0. The number of nitrogens with zero attached hydrogens (tertiary/aromatic N) is 2. The highest BCUT2D eigenvalue weighted by Crippen LogP contribution is 2.11. The topological polar surface area (TPSA) is 113 Å². The van der Waals surface area contributed by atoms with E-state index in [0.717, 1.165) is 0 Å². The number of methoxy groups -OCH3 is 1. The molecule has 0 aliphatic rings. The predicted octanol–water partition coefficient (Wildman–Crippen LogP) is 0.466. The highest BCUT2D eigenvalue weighted by atomic mass is 16.5. The molecule has 2 heterocycles. The molecule has 0 unspecified atom stereocenters. The van der Waals surface area contributed by atoms with Crippen LogP contribution in [0.4, 0.5) is 5.82 Å². The SMILES string of the molecule is COC(=O)Cc1[nH][nH]c(=O)c1C=Nc1cc(C)on1. The van der Waals surface area contributed by atoms with Gasteiger partial charge in [0.15, 0.2) is 5.82 Å². The molecule has 2 aromatic rings. The van der Waals surface area contributed by atoms with E-state index in [4.69, 9.17) is 4.52 Å². The van der Waals surface area contributed by atoms with Gasteiger partial charge in [0.05, 0.1) is 24.8 Å². The second-order valence-electron chi connectivity index (χ2n) is 3.78. The highest BCUT2D eigenvalue weighted by Gasteiger charge is 2.12. The fourth-order valence-corrected chi connectivity index (χ4v) is 1.44. The lowest BCUT2D eigenvalue weighted by molar-refractivity contribution is -0.139. The first kappa shape index (κ1) is 12.8. The average Bonchev–Trinajstić information content (AvgIpc) is 2.94. The molecule has 0 saturated carbocycles. The Morgan fingerprint density at radius 1 is 1.58 bits per heavy atom. The van der Waals surface area contributed by atoms with E-state index in [1.807, 2.05) is 0 Å². The zero-order chi connectivity index (χ0) is 13.8. The van der Waals surface area contributed by atoms with Crippen LogP contribution in [0.1, 0.15) is 17.0 Å². The molecule has 100 valence electrons. The van der Waals surface area contributed by atoms with Crippen LogP contribution in [0.3, 0.4) is 0 Å². The molecular formula is C11H12N4O4. The number of aryl methyl sites for hydroxylation is 1. The van der Waals surface area contributed by atoms with Crippen LogP contribution in [-0.2, 0) is 16.0 Å². The molecule has 0 aliphatic heterocycles. The Labute approximate surface area is 107 Å². The number of carbonyl (C=O) groups is 1. The van der Waals surface area contributed by atoms with Gasteiger partial charge in [-0.3, -0.25) is 14.7 Å². The molecular weight excluding hydrogens is 252 g/mol. The summed E-state index contributed by atoms with van der Waals surface area (Å²) in [4.78, 5) is 26.8. The minimum atomic E-state index is -0.456. The number of H-pyrrole nitrogens is 2. The van der Waals surface area contributed by atoms with Crippen molar-refractivity contribution in [3.05, 3.63) is 33.4 Å². The van der Waals surface area contributed by atoms with Crippen molar-refractivity contribution >= 4 is 18.0 Å². The molecule has 0 fully saturated rings. The number of esters is 1. The van der Waals surface area contributed by atoms with Gasteiger partial charge in [0.1, 0.15) is 5.76 Å². The first-order valence-electron chi connectivity index (χ1n) is 5.44. The van der Waals surface area contributed by atoms with E-state index in [2.05, 4.69) is 25.1 Å². The lowest BCUT2D eigenvalue weighted by atomic mass is 10.2. The van der Waals surface area contributed by atoms with E-state index in [9.17, 15) is 9.59 Å². The van der Waals surface area contributed by atoms with Gasteiger partial charge in [0, 0.05) is 12.3 Å². The summed E-state index contributed by atoms with van der Waals surface area (Å²) in [6.07, 6.45) is 1.28. The number of rotatable bonds is 4. The molecule has 2 aromatic heterocycles. The molecule has 0 aliphatic carbocycles. The lowest BCUT2D eigenvalue weighted by Crippen LogP contribution is -2.10. The normalized spacial score (nSPS) is 11.1. The Kier molecular flexibility index (Phi) is 3.60. The highest BCUT2D eigenvalue weighted by molar-refractivity contribution is 5.84. The van der Waals surface area contributed by atoms with Gasteiger partial charge in [-0.2, -0.15) is 0 Å². The molecule has 2 rings (SSSR count). The molecule has 0 amide bonds. The van der Waals surface area contributed by atoms with Crippen molar-refractivity contribution in [1.82, 2.24) is 15.4 Å². The maximum Gasteiger partial charge on any atom is 0.311 e. The largest absolute Gasteiger partial charge is 0.469 e. The van der Waals surface area contributed by atoms with Gasteiger partial charge in [-0.05, 0) is 6.92 Å². The second-order valence-corrected chi connectivity index (χ2v) is 3.78. The minimum absolute atomic E-state index is 0.0472. The monoisotopic (exact) mass is 264 g/mol. The standard InChI is InChI=1S/C11H12N4O4/c1-6-3-9(15-19-6)12-5-7-8(4-10(16)18-2)13-14-11(7)17/h3,5H,4H2,1-2H3,(H2,13,14,17). The number of nitrogens with one attached hydrogen (secondary N) is 2. The Morgan fingerprint density at radius 3 is 3.00 bits per heavy atom. The molecule has 8 heteroatoms. The molecule has 0 aromatic carbocycles. The summed E-state index contributed by atoms with van der Waals surface area (Å²) < 4.78 is 9.38. The Balaban J connectivity index is 2.24. The number of aliphatic imine (C=N–C) groups is 1. The molecule has 0 atom stereocenters. The van der Waals surface area contributed by atoms with Crippen molar-refractivity contribution in [3.63, 3.8) is 0 Å². The van der Waals surface area contributed by atoms with E-state index < -0.39 is 5.97 Å². The van der Waals surface area contributed by atoms with Crippen molar-refractivity contribution in [2.75, 3.05) is 7.11 Å². The third-order valence-electron chi connectivity index (χ3n) is 2.39. The van der Waals surface area contributed by atoms with Crippen molar-refractivity contribution < 1.29 is 14.1 Å². The molecule has 2 N–H and O–H groups in total. The third-order valence-corrected chi connectivity index (χ3v) is 2.39. The van der Waals surface area contributed by atoms with E-state index in [1.54, 1.807) is 13.0 Å². The number of hydrogen-bond donors (Lipinski definition) is 2. The van der Waals surface area contributed by atoms with Crippen LogP contribution in [0.5, 0.6) is 0 Å². The first-order valence-corrected chi connectivity index (χ1v) is 5.44. The molecule has 0 spiro atoms. The number of ether oxygens (including phenoxy) is 1. The van der Waals surface area contributed by atoms with E-state index >= 15 is 0 Å². The van der Waals surface area contributed by atoms with Crippen LogP contribution in [0.15, 0.2) is 20.4 Å². The van der Waals surface area contributed by atoms with E-state index in [0.29, 0.717) is 17.3 Å². The molecule has 0 saturated heterocycles. The van der Waals surface area contributed by atoms with Gasteiger partial charge in [-0.1, -0.05) is 5.16 Å². The smallest absolute Gasteiger partial charge is 0.311 e. The molecule has 8 nitrogen and oxygen atoms in total. The fourth-order valence-electron chi connectivity index (χ4n) is 1.44. The number of aromatic nitrogens is 3. The number of aromatic amines is 2. The van der Waals surface area contributed by atoms with E-state index in [1.165, 1.54) is 13.3 Å². The van der Waals surface area contributed by atoms with Gasteiger partial charge in [0.25, 0.3) is 5.56 Å². The van der Waals surface area contributed by atoms with Gasteiger partial charge in [0.2, 0.25) is 0 Å². The maximum absolute atomic E-state index is 11.6. The van der Waals surface area contributed by atoms with Crippen molar-refractivity contribution in [3.8, 4) is 0 Å². The van der Waals surface area contributed by atoms with Crippen LogP contribution in [-0.4, -0.2) is 34.6 Å². The van der Waals surface area contributed by atoms with Crippen molar-refractivity contribution in [1.29, 1.82) is 0 Å². The first-order chi connectivity index (χ1) is 9.10. The van der Waals surface area contributed by atoms with Crippen molar-refractivity contribution in [2.45, 2.75) is 13.3 Å². The van der Waals surface area contributed by atoms with Crippen LogP contribution in [0.25, 0.3) is 0 Å². The van der Waals surface area contributed by atoms with Crippen LogP contribution >= 0.6 is 0 Å². The fraction of sp³-hybridized carbons (Fsp3) is 0.273. The van der Waals surface area contributed by atoms with Crippen LogP contribution in [0.2, 0.25) is 0 Å². The summed E-state index contributed by atoms with van der Waals surface area (Å²) in [5.74, 6) is 0.509. The van der Waals surface area contributed by atoms with Gasteiger partial charge >= 0.3 is 5.97 Å². The van der Waals surface area contributed by atoms with Crippen molar-refractivity contribution in [2.24, 2.45) is 4.99 Å². The number of carbonyl (C=O) groups excluding carboxylic acids is 1. The molecule has 0 bridgehead atoms. The quantitative estimate of drug-likeness (QED) is 0.615. The van der Waals surface area contributed by atoms with Gasteiger partial charge in [-0.25, -0.2) is 4.99 Å². The summed E-state index contributed by atoms with van der Waals surface area (Å²) in [5, 5.41) is 8.66. The molecule has 19 heavy (non-hydrogen) atoms. The van der Waals surface area contributed by atoms with Crippen LogP contribution < -0.4 is 5.56 Å². The zero-order valence-corrected chi connectivity index (χ0v) is 10.4. The molecule has 0 radical (unpaired) electrons. The zero-order valence-electron chi connectivity index (χ0n) is 10.4. The Hall–Kier alpha value is -2.64. The minimum Gasteiger partial charge on any atom is -0.469 e. The van der Waals surface area contributed by atoms with Crippen LogP contribution in [0, 0.1) is 6.92 Å². The summed E-state index contributed by atoms with van der Waals surface area (Å²) in [7, 11) is 1.28. The summed E-state index contributed by atoms with van der Waals surface area (Å²) in [5.41, 5.74) is 0.287. The lowest BCUT2D eigenvalue weighted by Gasteiger charge is -1.96. The number of hydrogen-bond acceptors (Lipinski definition) is 6.